The van der Waals surface area contributed by atoms with Gasteiger partial charge in [-0.15, -0.1) is 0 Å². The van der Waals surface area contributed by atoms with E-state index in [-0.39, 0.29) is 11.8 Å². The van der Waals surface area contributed by atoms with Gasteiger partial charge in [0.15, 0.2) is 0 Å². The number of amides is 1. The Morgan fingerprint density at radius 1 is 1.21 bits per heavy atom. The van der Waals surface area contributed by atoms with Gasteiger partial charge < -0.3 is 10.0 Å². The molecule has 0 bridgehead atoms. The predicted octanol–water partition coefficient (Wildman–Crippen LogP) is 3.15. The quantitative estimate of drug-likeness (QED) is 0.843. The van der Waals surface area contributed by atoms with E-state index in [2.05, 4.69) is 31.9 Å². The van der Waals surface area contributed by atoms with E-state index in [9.17, 15) is 9.59 Å². The van der Waals surface area contributed by atoms with Crippen LogP contribution < -0.4 is 0 Å². The minimum absolute atomic E-state index is 0.0583. The van der Waals surface area contributed by atoms with Crippen molar-refractivity contribution in [3.05, 3.63) is 32.7 Å². The molecule has 0 aliphatic carbocycles. The molecule has 102 valence electrons. The number of carbonyl (C=O) groups is 2. The number of carboxylic acid groups (broad SMARTS) is 1. The molecule has 1 fully saturated rings. The first-order valence-electron chi connectivity index (χ1n) is 5.96. The highest BCUT2D eigenvalue weighted by molar-refractivity contribution is 9.11. The van der Waals surface area contributed by atoms with Crippen LogP contribution in [-0.2, 0) is 4.79 Å². The van der Waals surface area contributed by atoms with Gasteiger partial charge in [-0.05, 0) is 47.0 Å². The molecule has 0 unspecified atom stereocenters. The number of carbonyl (C=O) groups excluding carboxylic acids is 1. The van der Waals surface area contributed by atoms with Crippen molar-refractivity contribution in [3.63, 3.8) is 0 Å². The van der Waals surface area contributed by atoms with Crippen molar-refractivity contribution in [1.29, 1.82) is 0 Å². The number of nitrogens with zero attached hydrogens (tertiary/aromatic N) is 1. The second-order valence-corrected chi connectivity index (χ2v) is 6.30. The number of likely N-dealkylation sites (tertiary alicyclic amines) is 1. The van der Waals surface area contributed by atoms with Gasteiger partial charge >= 0.3 is 5.97 Å². The van der Waals surface area contributed by atoms with Gasteiger partial charge in [-0.25, -0.2) is 0 Å². The lowest BCUT2D eigenvalue weighted by atomic mass is 9.96. The Hall–Kier alpha value is -0.880. The van der Waals surface area contributed by atoms with E-state index in [0.717, 1.165) is 8.95 Å². The van der Waals surface area contributed by atoms with Gasteiger partial charge in [-0.1, -0.05) is 15.9 Å². The Balaban J connectivity index is 2.09. The molecule has 0 aromatic heterocycles. The van der Waals surface area contributed by atoms with Crippen LogP contribution in [0.15, 0.2) is 27.1 Å². The van der Waals surface area contributed by atoms with E-state index < -0.39 is 5.97 Å². The Morgan fingerprint density at radius 2 is 1.84 bits per heavy atom. The highest BCUT2D eigenvalue weighted by Crippen LogP contribution is 2.25. The number of carboxylic acids is 1. The summed E-state index contributed by atoms with van der Waals surface area (Å²) in [6, 6.07) is 5.45. The summed E-state index contributed by atoms with van der Waals surface area (Å²) in [5, 5.41) is 8.94. The standard InChI is InChI=1S/C13H13Br2NO3/c14-9-1-2-11(15)10(7-9)12(17)16-5-3-8(4-6-16)13(18)19/h1-2,7-8H,3-6H2,(H,18,19). The summed E-state index contributed by atoms with van der Waals surface area (Å²) in [7, 11) is 0. The maximum atomic E-state index is 12.4. The molecule has 1 aliphatic rings. The lowest BCUT2D eigenvalue weighted by Gasteiger charge is -2.30. The molecule has 6 heteroatoms. The molecule has 1 aliphatic heterocycles. The fourth-order valence-electron chi connectivity index (χ4n) is 2.16. The first-order chi connectivity index (χ1) is 8.99. The summed E-state index contributed by atoms with van der Waals surface area (Å²) in [6.45, 7) is 0.990. The Kier molecular flexibility index (Phi) is 4.62. The normalized spacial score (nSPS) is 16.4. The van der Waals surface area contributed by atoms with Gasteiger partial charge in [0.2, 0.25) is 0 Å². The minimum Gasteiger partial charge on any atom is -0.481 e. The average Bonchev–Trinajstić information content (AvgIpc) is 2.41. The van der Waals surface area contributed by atoms with Crippen LogP contribution in [0, 0.1) is 5.92 Å². The van der Waals surface area contributed by atoms with Crippen LogP contribution in [0.25, 0.3) is 0 Å². The Labute approximate surface area is 128 Å². The third-order valence-corrected chi connectivity index (χ3v) is 4.47. The van der Waals surface area contributed by atoms with E-state index in [4.69, 9.17) is 5.11 Å². The van der Waals surface area contributed by atoms with Gasteiger partial charge in [-0.2, -0.15) is 0 Å². The summed E-state index contributed by atoms with van der Waals surface area (Å²) < 4.78 is 1.60. The SMILES string of the molecule is O=C(O)C1CCN(C(=O)c2cc(Br)ccc2Br)CC1. The van der Waals surface area contributed by atoms with Gasteiger partial charge in [0.25, 0.3) is 5.91 Å². The number of benzene rings is 1. The van der Waals surface area contributed by atoms with E-state index in [1.807, 2.05) is 12.1 Å². The number of halogens is 2. The molecule has 1 aromatic carbocycles. The van der Waals surface area contributed by atoms with Crippen LogP contribution in [0.3, 0.4) is 0 Å². The number of rotatable bonds is 2. The number of hydrogen-bond acceptors (Lipinski definition) is 2. The number of piperidine rings is 1. The van der Waals surface area contributed by atoms with Crippen molar-refractivity contribution in [1.82, 2.24) is 4.90 Å². The van der Waals surface area contributed by atoms with E-state index in [1.54, 1.807) is 11.0 Å². The smallest absolute Gasteiger partial charge is 0.306 e. The van der Waals surface area contributed by atoms with Crippen LogP contribution in [0.1, 0.15) is 23.2 Å². The first-order valence-corrected chi connectivity index (χ1v) is 7.55. The van der Waals surface area contributed by atoms with Crippen LogP contribution in [0.2, 0.25) is 0 Å². The van der Waals surface area contributed by atoms with Crippen molar-refractivity contribution in [2.45, 2.75) is 12.8 Å². The van der Waals surface area contributed by atoms with Crippen LogP contribution in [0.4, 0.5) is 0 Å². The van der Waals surface area contributed by atoms with Crippen molar-refractivity contribution in [2.75, 3.05) is 13.1 Å². The molecule has 0 saturated carbocycles. The number of hydrogen-bond donors (Lipinski definition) is 1. The predicted molar refractivity (Wildman–Crippen MR) is 78.1 cm³/mol. The van der Waals surface area contributed by atoms with E-state index >= 15 is 0 Å². The van der Waals surface area contributed by atoms with E-state index in [0.29, 0.717) is 31.5 Å². The van der Waals surface area contributed by atoms with Gasteiger partial charge in [-0.3, -0.25) is 9.59 Å². The van der Waals surface area contributed by atoms with Crippen molar-refractivity contribution >= 4 is 43.7 Å². The molecular weight excluding hydrogens is 378 g/mol. The summed E-state index contributed by atoms with van der Waals surface area (Å²) in [5.74, 6) is -1.15. The minimum atomic E-state index is -0.768. The second-order valence-electron chi connectivity index (χ2n) is 4.53. The summed E-state index contributed by atoms with van der Waals surface area (Å²) in [5.41, 5.74) is 0.600. The summed E-state index contributed by atoms with van der Waals surface area (Å²) in [4.78, 5) is 25.0. The molecule has 1 amide bonds. The summed E-state index contributed by atoms with van der Waals surface area (Å²) >= 11 is 6.72. The molecule has 19 heavy (non-hydrogen) atoms. The molecule has 2 rings (SSSR count). The lowest BCUT2D eigenvalue weighted by Crippen LogP contribution is -2.40. The first kappa shape index (κ1) is 14.5. The molecule has 0 radical (unpaired) electrons. The molecule has 4 nitrogen and oxygen atoms in total. The Bertz CT molecular complexity index is 511. The maximum absolute atomic E-state index is 12.4. The maximum Gasteiger partial charge on any atom is 0.306 e. The van der Waals surface area contributed by atoms with Crippen molar-refractivity contribution in [2.24, 2.45) is 5.92 Å². The molecule has 1 aromatic rings. The highest BCUT2D eigenvalue weighted by Gasteiger charge is 2.28. The van der Waals surface area contributed by atoms with Crippen LogP contribution in [0.5, 0.6) is 0 Å². The largest absolute Gasteiger partial charge is 0.481 e. The van der Waals surface area contributed by atoms with Gasteiger partial charge in [0.1, 0.15) is 0 Å². The van der Waals surface area contributed by atoms with Gasteiger partial charge in [0, 0.05) is 22.0 Å². The Morgan fingerprint density at radius 3 is 2.42 bits per heavy atom. The molecular formula is C13H13Br2NO3. The lowest BCUT2D eigenvalue weighted by molar-refractivity contribution is -0.143. The molecule has 0 spiro atoms. The van der Waals surface area contributed by atoms with Crippen molar-refractivity contribution in [3.8, 4) is 0 Å². The van der Waals surface area contributed by atoms with Crippen molar-refractivity contribution < 1.29 is 14.7 Å². The third-order valence-electron chi connectivity index (χ3n) is 3.29. The monoisotopic (exact) mass is 389 g/mol. The van der Waals surface area contributed by atoms with Crippen LogP contribution >= 0.6 is 31.9 Å². The zero-order valence-corrected chi connectivity index (χ0v) is 13.3. The van der Waals surface area contributed by atoms with Crippen LogP contribution in [-0.4, -0.2) is 35.0 Å². The fourth-order valence-corrected chi connectivity index (χ4v) is 2.94. The summed E-state index contributed by atoms with van der Waals surface area (Å²) in [6.07, 6.45) is 1.04. The zero-order valence-electron chi connectivity index (χ0n) is 10.1. The molecule has 1 saturated heterocycles. The number of aliphatic carboxylic acids is 1. The fraction of sp³-hybridized carbons (Fsp3) is 0.385. The second kappa shape index (κ2) is 6.05. The average molecular weight is 391 g/mol. The van der Waals surface area contributed by atoms with E-state index in [1.165, 1.54) is 0 Å². The van der Waals surface area contributed by atoms with Gasteiger partial charge in [0.05, 0.1) is 11.5 Å². The molecule has 1 heterocycles. The topological polar surface area (TPSA) is 57.6 Å². The molecule has 1 N–H and O–H groups in total. The third kappa shape index (κ3) is 3.36. The highest BCUT2D eigenvalue weighted by atomic mass is 79.9. The zero-order chi connectivity index (χ0) is 14.0. The molecule has 0 atom stereocenters.